The zero-order chi connectivity index (χ0) is 13.9. The van der Waals surface area contributed by atoms with Gasteiger partial charge < -0.3 is 11.1 Å². The van der Waals surface area contributed by atoms with Crippen molar-refractivity contribution in [1.82, 2.24) is 9.97 Å². The molecule has 0 atom stereocenters. The van der Waals surface area contributed by atoms with Crippen LogP contribution in [0.5, 0.6) is 0 Å². The molecule has 1 saturated carbocycles. The maximum Gasteiger partial charge on any atom is 0.433 e. The first kappa shape index (κ1) is 14.0. The number of nitrogens with zero attached hydrogens (tertiary/aromatic N) is 2. The lowest BCUT2D eigenvalue weighted by molar-refractivity contribution is -0.141. The average molecular weight is 274 g/mol. The minimum absolute atomic E-state index is 0.0229. The highest BCUT2D eigenvalue weighted by molar-refractivity contribution is 5.27. The zero-order valence-corrected chi connectivity index (χ0v) is 10.5. The number of rotatable bonds is 3. The van der Waals surface area contributed by atoms with Crippen molar-refractivity contribution in [3.8, 4) is 0 Å². The molecule has 106 valence electrons. The van der Waals surface area contributed by atoms with Gasteiger partial charge in [-0.05, 0) is 18.9 Å². The molecule has 1 aromatic rings. The van der Waals surface area contributed by atoms with Gasteiger partial charge in [0.05, 0.1) is 0 Å². The van der Waals surface area contributed by atoms with E-state index < -0.39 is 11.9 Å². The topological polar surface area (TPSA) is 63.8 Å². The van der Waals surface area contributed by atoms with Crippen LogP contribution in [0.3, 0.4) is 0 Å². The smallest absolute Gasteiger partial charge is 0.352 e. The third kappa shape index (κ3) is 3.79. The van der Waals surface area contributed by atoms with Crippen LogP contribution in [0.2, 0.25) is 0 Å². The summed E-state index contributed by atoms with van der Waals surface area (Å²) in [6.07, 6.45) is 1.67. The molecule has 1 heterocycles. The van der Waals surface area contributed by atoms with E-state index in [0.29, 0.717) is 6.54 Å². The van der Waals surface area contributed by atoms with Crippen molar-refractivity contribution in [2.24, 2.45) is 5.73 Å². The van der Waals surface area contributed by atoms with Gasteiger partial charge in [-0.25, -0.2) is 9.97 Å². The van der Waals surface area contributed by atoms with E-state index >= 15 is 0 Å². The van der Waals surface area contributed by atoms with E-state index in [2.05, 4.69) is 15.3 Å². The Kier molecular flexibility index (Phi) is 3.93. The number of hydrogen-bond donors (Lipinski definition) is 2. The van der Waals surface area contributed by atoms with E-state index in [1.54, 1.807) is 0 Å². The van der Waals surface area contributed by atoms with Gasteiger partial charge in [-0.2, -0.15) is 13.2 Å². The number of nitrogens with two attached hydrogens (primary N) is 1. The predicted molar refractivity (Wildman–Crippen MR) is 65.5 cm³/mol. The van der Waals surface area contributed by atoms with Crippen LogP contribution in [-0.4, -0.2) is 22.1 Å². The second-order valence-corrected chi connectivity index (χ2v) is 5.04. The van der Waals surface area contributed by atoms with Gasteiger partial charge in [-0.1, -0.05) is 19.3 Å². The lowest BCUT2D eigenvalue weighted by Gasteiger charge is -2.33. The lowest BCUT2D eigenvalue weighted by atomic mass is 9.82. The summed E-state index contributed by atoms with van der Waals surface area (Å²) in [5.74, 6) is -0.0229. The fourth-order valence-electron chi connectivity index (χ4n) is 2.29. The highest BCUT2D eigenvalue weighted by atomic mass is 19.4. The van der Waals surface area contributed by atoms with E-state index in [0.717, 1.165) is 37.9 Å². The molecule has 0 radical (unpaired) electrons. The van der Waals surface area contributed by atoms with Crippen LogP contribution in [0.1, 0.15) is 37.8 Å². The molecule has 0 spiro atoms. The number of anilines is 1. The molecule has 2 rings (SSSR count). The number of aromatic nitrogens is 2. The Bertz CT molecular complexity index is 427. The molecule has 7 heteroatoms. The fraction of sp³-hybridized carbons (Fsp3) is 0.667. The molecular formula is C12H17F3N4. The second kappa shape index (κ2) is 5.32. The van der Waals surface area contributed by atoms with E-state index in [-0.39, 0.29) is 11.5 Å². The molecule has 0 bridgehead atoms. The molecule has 3 N–H and O–H groups in total. The van der Waals surface area contributed by atoms with E-state index in [9.17, 15) is 13.2 Å². The standard InChI is InChI=1S/C12H17F3N4/c13-12(14,15)9-4-7-17-10(19-9)18-8-11(16)5-2-1-3-6-11/h4,7H,1-3,5-6,8,16H2,(H,17,18,19). The first-order chi connectivity index (χ1) is 8.89. The zero-order valence-electron chi connectivity index (χ0n) is 10.5. The van der Waals surface area contributed by atoms with Crippen LogP contribution >= 0.6 is 0 Å². The average Bonchev–Trinajstić information content (AvgIpc) is 2.37. The number of hydrogen-bond acceptors (Lipinski definition) is 4. The Balaban J connectivity index is 1.99. The summed E-state index contributed by atoms with van der Waals surface area (Å²) in [5, 5.41) is 2.82. The van der Waals surface area contributed by atoms with Crippen molar-refractivity contribution in [2.45, 2.75) is 43.8 Å². The Hall–Kier alpha value is -1.37. The third-order valence-electron chi connectivity index (χ3n) is 3.39. The van der Waals surface area contributed by atoms with Gasteiger partial charge in [0, 0.05) is 18.3 Å². The maximum absolute atomic E-state index is 12.5. The summed E-state index contributed by atoms with van der Waals surface area (Å²) in [4.78, 5) is 7.25. The van der Waals surface area contributed by atoms with Crippen molar-refractivity contribution < 1.29 is 13.2 Å². The molecule has 0 aromatic carbocycles. The minimum atomic E-state index is -4.45. The summed E-state index contributed by atoms with van der Waals surface area (Å²) >= 11 is 0. The van der Waals surface area contributed by atoms with E-state index in [1.807, 2.05) is 0 Å². The maximum atomic E-state index is 12.5. The largest absolute Gasteiger partial charge is 0.433 e. The predicted octanol–water partition coefficient (Wildman–Crippen LogP) is 2.57. The summed E-state index contributed by atoms with van der Waals surface area (Å²) in [7, 11) is 0. The second-order valence-electron chi connectivity index (χ2n) is 5.04. The first-order valence-corrected chi connectivity index (χ1v) is 6.32. The first-order valence-electron chi connectivity index (χ1n) is 6.32. The minimum Gasteiger partial charge on any atom is -0.352 e. The SMILES string of the molecule is NC1(CNc2nccc(C(F)(F)F)n2)CCCCC1. The van der Waals surface area contributed by atoms with Gasteiger partial charge in [0.2, 0.25) is 5.95 Å². The molecule has 4 nitrogen and oxygen atoms in total. The summed E-state index contributed by atoms with van der Waals surface area (Å²) in [5.41, 5.74) is 4.88. The molecule has 1 aliphatic rings. The van der Waals surface area contributed by atoms with Crippen molar-refractivity contribution in [2.75, 3.05) is 11.9 Å². The molecule has 19 heavy (non-hydrogen) atoms. The summed E-state index contributed by atoms with van der Waals surface area (Å²) in [6, 6.07) is 0.851. The fourth-order valence-corrected chi connectivity index (χ4v) is 2.29. The molecule has 1 aromatic heterocycles. The van der Waals surface area contributed by atoms with Crippen LogP contribution in [0.4, 0.5) is 19.1 Å². The van der Waals surface area contributed by atoms with E-state index in [1.165, 1.54) is 6.42 Å². The van der Waals surface area contributed by atoms with E-state index in [4.69, 9.17) is 5.73 Å². The summed E-state index contributed by atoms with van der Waals surface area (Å²) < 4.78 is 37.5. The number of nitrogens with one attached hydrogen (secondary N) is 1. The van der Waals surface area contributed by atoms with Crippen molar-refractivity contribution in [3.05, 3.63) is 18.0 Å². The highest BCUT2D eigenvalue weighted by Crippen LogP contribution is 2.28. The molecule has 0 aliphatic heterocycles. The van der Waals surface area contributed by atoms with Crippen molar-refractivity contribution in [3.63, 3.8) is 0 Å². The Morgan fingerprint density at radius 3 is 2.58 bits per heavy atom. The van der Waals surface area contributed by atoms with Crippen LogP contribution in [0, 0.1) is 0 Å². The Labute approximate surface area is 109 Å². The van der Waals surface area contributed by atoms with Crippen molar-refractivity contribution in [1.29, 1.82) is 0 Å². The van der Waals surface area contributed by atoms with Gasteiger partial charge in [-0.15, -0.1) is 0 Å². The van der Waals surface area contributed by atoms with Crippen molar-refractivity contribution >= 4 is 5.95 Å². The summed E-state index contributed by atoms with van der Waals surface area (Å²) in [6.45, 7) is 0.397. The molecule has 1 aliphatic carbocycles. The molecular weight excluding hydrogens is 257 g/mol. The van der Waals surface area contributed by atoms with Crippen LogP contribution in [-0.2, 0) is 6.18 Å². The molecule has 0 unspecified atom stereocenters. The molecule has 1 fully saturated rings. The van der Waals surface area contributed by atoms with Gasteiger partial charge in [0.25, 0.3) is 0 Å². The third-order valence-corrected chi connectivity index (χ3v) is 3.39. The van der Waals surface area contributed by atoms with Crippen LogP contribution in [0.25, 0.3) is 0 Å². The highest BCUT2D eigenvalue weighted by Gasteiger charge is 2.33. The van der Waals surface area contributed by atoms with Crippen LogP contribution in [0.15, 0.2) is 12.3 Å². The van der Waals surface area contributed by atoms with Gasteiger partial charge in [0.1, 0.15) is 5.69 Å². The number of halogens is 3. The monoisotopic (exact) mass is 274 g/mol. The Morgan fingerprint density at radius 1 is 1.26 bits per heavy atom. The van der Waals surface area contributed by atoms with Gasteiger partial charge in [0.15, 0.2) is 0 Å². The normalized spacial score (nSPS) is 19.2. The Morgan fingerprint density at radius 2 is 1.95 bits per heavy atom. The number of alkyl halides is 3. The lowest BCUT2D eigenvalue weighted by Crippen LogP contribution is -2.47. The van der Waals surface area contributed by atoms with Gasteiger partial charge in [-0.3, -0.25) is 0 Å². The van der Waals surface area contributed by atoms with Gasteiger partial charge >= 0.3 is 6.18 Å². The quantitative estimate of drug-likeness (QED) is 0.889. The van der Waals surface area contributed by atoms with Crippen LogP contribution < -0.4 is 11.1 Å². The molecule has 0 saturated heterocycles. The molecule has 0 amide bonds.